The summed E-state index contributed by atoms with van der Waals surface area (Å²) >= 11 is 0. The Morgan fingerprint density at radius 2 is 1.32 bits per heavy atom. The van der Waals surface area contributed by atoms with Gasteiger partial charge in [-0.3, -0.25) is 0 Å². The van der Waals surface area contributed by atoms with Gasteiger partial charge in [-0.2, -0.15) is 0 Å². The minimum absolute atomic E-state index is 1.02. The molecule has 1 aromatic carbocycles. The third-order valence-electron chi connectivity index (χ3n) is 3.08. The second kappa shape index (κ2) is 8.86. The van der Waals surface area contributed by atoms with Gasteiger partial charge in [0.05, 0.1) is 17.1 Å². The van der Waals surface area contributed by atoms with Crippen LogP contribution >= 0.6 is 0 Å². The first kappa shape index (κ1) is 15.9. The molecule has 0 amide bonds. The van der Waals surface area contributed by atoms with Crippen LogP contribution in [-0.4, -0.2) is 29.9 Å². The van der Waals surface area contributed by atoms with E-state index >= 15 is 0 Å². The van der Waals surface area contributed by atoms with Crippen molar-refractivity contribution in [1.29, 1.82) is 0 Å². The molecule has 0 saturated carbocycles. The van der Waals surface area contributed by atoms with Crippen LogP contribution in [0.2, 0.25) is 0 Å². The number of hydrogen-bond acceptors (Lipinski definition) is 3. The summed E-state index contributed by atoms with van der Waals surface area (Å²) in [6.45, 7) is 9.69. The Hall–Kier alpha value is -1.16. The number of anilines is 3. The lowest BCUT2D eigenvalue weighted by atomic mass is 10.2. The van der Waals surface area contributed by atoms with Gasteiger partial charge < -0.3 is 16.0 Å². The molecule has 3 nitrogen and oxygen atoms in total. The van der Waals surface area contributed by atoms with Crippen LogP contribution in [0.1, 0.15) is 40.0 Å². The second-order valence-electron chi connectivity index (χ2n) is 4.96. The Kier molecular flexibility index (Phi) is 7.41. The molecule has 0 atom stereocenters. The van der Waals surface area contributed by atoms with E-state index in [2.05, 4.69) is 48.9 Å². The Labute approximate surface area is 121 Å². The molecule has 0 aliphatic heterocycles. The van der Waals surface area contributed by atoms with Gasteiger partial charge in [-0.05, 0) is 30.5 Å². The molecule has 4 heteroatoms. The third kappa shape index (κ3) is 4.78. The number of hydrogen-bond donors (Lipinski definition) is 3. The summed E-state index contributed by atoms with van der Waals surface area (Å²) in [7, 11) is 1.07. The van der Waals surface area contributed by atoms with Crippen molar-refractivity contribution in [2.24, 2.45) is 0 Å². The molecule has 0 aliphatic carbocycles. The molecule has 3 N–H and O–H groups in total. The van der Waals surface area contributed by atoms with E-state index in [0.717, 1.165) is 49.1 Å². The van der Waals surface area contributed by atoms with Gasteiger partial charge in [-0.15, -0.1) is 0 Å². The van der Waals surface area contributed by atoms with Crippen LogP contribution in [0.25, 0.3) is 0 Å². The van der Waals surface area contributed by atoms with Crippen LogP contribution in [0.4, 0.5) is 17.1 Å². The van der Waals surface area contributed by atoms with Crippen LogP contribution < -0.4 is 21.1 Å². The third-order valence-corrected chi connectivity index (χ3v) is 3.92. The van der Waals surface area contributed by atoms with Crippen molar-refractivity contribution in [2.75, 3.05) is 35.6 Å². The van der Waals surface area contributed by atoms with E-state index in [9.17, 15) is 0 Å². The Balaban J connectivity index is 3.00. The zero-order valence-electron chi connectivity index (χ0n) is 12.9. The fourth-order valence-electron chi connectivity index (χ4n) is 2.03. The van der Waals surface area contributed by atoms with E-state index in [4.69, 9.17) is 0 Å². The topological polar surface area (TPSA) is 36.1 Å². The van der Waals surface area contributed by atoms with E-state index in [-0.39, 0.29) is 0 Å². The second-order valence-corrected chi connectivity index (χ2v) is 6.04. The summed E-state index contributed by atoms with van der Waals surface area (Å²) in [6, 6.07) is 4.46. The van der Waals surface area contributed by atoms with Gasteiger partial charge in [0, 0.05) is 29.9 Å². The molecule has 1 rings (SSSR count). The van der Waals surface area contributed by atoms with Gasteiger partial charge in [0.25, 0.3) is 0 Å². The average Bonchev–Trinajstić information content (AvgIpc) is 2.42. The van der Waals surface area contributed by atoms with Gasteiger partial charge >= 0.3 is 0 Å². The van der Waals surface area contributed by atoms with Crippen molar-refractivity contribution in [3.63, 3.8) is 0 Å². The fourth-order valence-corrected chi connectivity index (χ4v) is 2.62. The largest absolute Gasteiger partial charge is 0.383 e. The summed E-state index contributed by atoms with van der Waals surface area (Å²) in [5.74, 6) is 0. The summed E-state index contributed by atoms with van der Waals surface area (Å²) in [6.07, 6.45) is 3.44. The first-order valence-corrected chi connectivity index (χ1v) is 8.59. The molecule has 0 saturated heterocycles. The van der Waals surface area contributed by atoms with Gasteiger partial charge in [0.1, 0.15) is 0 Å². The Morgan fingerprint density at radius 3 is 1.89 bits per heavy atom. The van der Waals surface area contributed by atoms with Crippen molar-refractivity contribution in [3.05, 3.63) is 12.1 Å². The number of benzene rings is 1. The molecule has 108 valence electrons. The van der Waals surface area contributed by atoms with E-state index in [0.29, 0.717) is 0 Å². The van der Waals surface area contributed by atoms with E-state index in [1.807, 2.05) is 0 Å². The predicted octanol–water partition coefficient (Wildman–Crippen LogP) is 2.14. The summed E-state index contributed by atoms with van der Waals surface area (Å²) < 4.78 is 0. The Bertz CT molecular complexity index is 380. The minimum atomic E-state index is 1.02. The minimum Gasteiger partial charge on any atom is -0.383 e. The highest BCUT2D eigenvalue weighted by molar-refractivity contribution is 6.37. The van der Waals surface area contributed by atoms with Gasteiger partial charge in [-0.25, -0.2) is 0 Å². The van der Waals surface area contributed by atoms with Crippen LogP contribution in [0, 0.1) is 0 Å². The molecular weight excluding hydrogens is 250 g/mol. The molecule has 0 aromatic heterocycles. The van der Waals surface area contributed by atoms with Gasteiger partial charge in [0.2, 0.25) is 0 Å². The van der Waals surface area contributed by atoms with E-state index < -0.39 is 0 Å². The summed E-state index contributed by atoms with van der Waals surface area (Å²) in [4.78, 5) is 0. The van der Waals surface area contributed by atoms with Crippen molar-refractivity contribution < 1.29 is 0 Å². The van der Waals surface area contributed by atoms with E-state index in [1.165, 1.54) is 22.2 Å². The average molecular weight is 280 g/mol. The van der Waals surface area contributed by atoms with Crippen LogP contribution in [0.15, 0.2) is 12.1 Å². The van der Waals surface area contributed by atoms with Gasteiger partial charge in [-0.1, -0.05) is 26.8 Å². The van der Waals surface area contributed by atoms with Gasteiger partial charge in [0.15, 0.2) is 0 Å². The maximum atomic E-state index is 3.59. The zero-order valence-corrected chi connectivity index (χ0v) is 14.9. The SMILES string of the molecule is CCCNc1ccc([SiH3])c(NCCC)c1NCCC. The Morgan fingerprint density at radius 1 is 0.789 bits per heavy atom. The lowest BCUT2D eigenvalue weighted by Crippen LogP contribution is -2.18. The first-order chi connectivity index (χ1) is 9.24. The van der Waals surface area contributed by atoms with Crippen molar-refractivity contribution >= 4 is 32.5 Å². The van der Waals surface area contributed by atoms with Crippen molar-refractivity contribution in [2.45, 2.75) is 40.0 Å². The molecule has 0 unspecified atom stereocenters. The monoisotopic (exact) mass is 279 g/mol. The quantitative estimate of drug-likeness (QED) is 0.606. The summed E-state index contributed by atoms with van der Waals surface area (Å²) in [5, 5.41) is 12.1. The molecule has 0 radical (unpaired) electrons. The molecule has 0 fully saturated rings. The van der Waals surface area contributed by atoms with Crippen LogP contribution in [-0.2, 0) is 0 Å². The fraction of sp³-hybridized carbons (Fsp3) is 0.600. The lowest BCUT2D eigenvalue weighted by molar-refractivity contribution is 0.960. The van der Waals surface area contributed by atoms with E-state index in [1.54, 1.807) is 0 Å². The first-order valence-electron chi connectivity index (χ1n) is 7.59. The molecular formula is C15H29N3Si. The molecule has 0 spiro atoms. The van der Waals surface area contributed by atoms with Crippen LogP contribution in [0.3, 0.4) is 0 Å². The number of rotatable bonds is 9. The highest BCUT2D eigenvalue weighted by Gasteiger charge is 2.10. The normalized spacial score (nSPS) is 10.5. The lowest BCUT2D eigenvalue weighted by Gasteiger charge is -2.20. The number of nitrogens with one attached hydrogen (secondary N) is 3. The molecule has 0 aliphatic rings. The highest BCUT2D eigenvalue weighted by Crippen LogP contribution is 2.29. The maximum Gasteiger partial charge on any atom is 0.0809 e. The molecule has 1 aromatic rings. The predicted molar refractivity (Wildman–Crippen MR) is 92.4 cm³/mol. The molecule has 0 bridgehead atoms. The summed E-state index contributed by atoms with van der Waals surface area (Å²) in [5.41, 5.74) is 3.80. The zero-order chi connectivity index (χ0) is 14.1. The van der Waals surface area contributed by atoms with Crippen molar-refractivity contribution in [3.8, 4) is 0 Å². The van der Waals surface area contributed by atoms with Crippen molar-refractivity contribution in [1.82, 2.24) is 0 Å². The maximum absolute atomic E-state index is 3.59. The molecule has 19 heavy (non-hydrogen) atoms. The highest BCUT2D eigenvalue weighted by atomic mass is 28.1. The van der Waals surface area contributed by atoms with Crippen LogP contribution in [0.5, 0.6) is 0 Å². The standard InChI is InChI=1S/C15H29N3Si/c1-4-9-16-12-7-8-13(19)15(18-11-6-3)14(12)17-10-5-2/h7-8,16-18H,4-6,9-11H2,1-3,19H3. The molecule has 0 heterocycles. The smallest absolute Gasteiger partial charge is 0.0809 e.